The van der Waals surface area contributed by atoms with Crippen molar-refractivity contribution in [1.29, 1.82) is 0 Å². The standard InChI is InChI=1S/C10H2Cl9NO6S4/c11-8(12,13)28(21,22)3-1-4-6(5(2-3)29(23,24)9(14,15)16)20-7(27-4)30(25,26)10(17,18)19/h1-2H. The maximum Gasteiger partial charge on any atom is 0.299 e. The first kappa shape index (κ1) is 27.8. The van der Waals surface area contributed by atoms with Crippen LogP contribution < -0.4 is 0 Å². The molecule has 1 aromatic carbocycles. The molecule has 7 nitrogen and oxygen atoms in total. The minimum absolute atomic E-state index is 0.273. The SMILES string of the molecule is O=S(=O)(c1cc(S(=O)(=O)C(Cl)(Cl)Cl)c2nc(S(=O)(=O)C(Cl)(Cl)Cl)sc2c1)C(Cl)(Cl)Cl. The summed E-state index contributed by atoms with van der Waals surface area (Å²) in [7, 11) is -14.5. The number of fused-ring (bicyclic) bond motifs is 1. The van der Waals surface area contributed by atoms with Crippen LogP contribution in [0.5, 0.6) is 0 Å². The van der Waals surface area contributed by atoms with Crippen LogP contribution in [-0.4, -0.2) is 39.6 Å². The van der Waals surface area contributed by atoms with E-state index >= 15 is 0 Å². The molecule has 0 saturated heterocycles. The van der Waals surface area contributed by atoms with Crippen molar-refractivity contribution >= 4 is 155 Å². The van der Waals surface area contributed by atoms with Crippen molar-refractivity contribution in [3.63, 3.8) is 0 Å². The molecule has 0 unspecified atom stereocenters. The largest absolute Gasteiger partial charge is 0.299 e. The molecule has 1 aromatic heterocycles. The first-order valence-corrected chi connectivity index (χ1v) is 15.1. The number of hydrogen-bond acceptors (Lipinski definition) is 8. The molecule has 0 radical (unpaired) electrons. The van der Waals surface area contributed by atoms with Crippen LogP contribution >= 0.6 is 116 Å². The lowest BCUT2D eigenvalue weighted by atomic mass is 10.3. The minimum atomic E-state index is -4.95. The van der Waals surface area contributed by atoms with Crippen LogP contribution in [0.1, 0.15) is 0 Å². The van der Waals surface area contributed by atoms with E-state index in [2.05, 4.69) is 4.98 Å². The molecule has 0 aliphatic heterocycles. The molecule has 0 bridgehead atoms. The Morgan fingerprint density at radius 1 is 0.667 bits per heavy atom. The average Bonchev–Trinajstić information content (AvgIpc) is 2.94. The first-order chi connectivity index (χ1) is 13.0. The molecule has 20 heteroatoms. The number of benzene rings is 1. The Bertz CT molecular complexity index is 1330. The predicted octanol–water partition coefficient (Wildman–Crippen LogP) is 5.60. The van der Waals surface area contributed by atoms with Gasteiger partial charge >= 0.3 is 0 Å². The van der Waals surface area contributed by atoms with Crippen LogP contribution in [-0.2, 0) is 29.5 Å². The third-order valence-electron chi connectivity index (χ3n) is 3.16. The van der Waals surface area contributed by atoms with Crippen molar-refractivity contribution in [2.75, 3.05) is 0 Å². The van der Waals surface area contributed by atoms with Gasteiger partial charge in [-0.25, -0.2) is 30.2 Å². The van der Waals surface area contributed by atoms with Gasteiger partial charge in [0.05, 0.1) is 14.5 Å². The molecule has 0 fully saturated rings. The summed E-state index contributed by atoms with van der Waals surface area (Å²) >= 11 is 49.4. The van der Waals surface area contributed by atoms with Gasteiger partial charge in [0.1, 0.15) is 5.52 Å². The molecule has 170 valence electrons. The lowest BCUT2D eigenvalue weighted by molar-refractivity contribution is 0.592. The molecule has 0 spiro atoms. The molecule has 0 aliphatic carbocycles. The van der Waals surface area contributed by atoms with Gasteiger partial charge in [0.2, 0.25) is 24.0 Å². The van der Waals surface area contributed by atoms with E-state index in [1.54, 1.807) is 0 Å². The molecule has 0 aliphatic rings. The molecule has 2 rings (SSSR count). The number of sulfone groups is 3. The molecule has 1 heterocycles. The molecule has 2 aromatic rings. The topological polar surface area (TPSA) is 115 Å². The van der Waals surface area contributed by atoms with Gasteiger partial charge in [-0.15, -0.1) is 11.3 Å². The third-order valence-corrected chi connectivity index (χ3v) is 14.5. The van der Waals surface area contributed by atoms with Crippen LogP contribution in [0.15, 0.2) is 26.3 Å². The first-order valence-electron chi connectivity index (χ1n) is 6.44. The van der Waals surface area contributed by atoms with Crippen LogP contribution in [0.3, 0.4) is 0 Å². The second kappa shape index (κ2) is 8.35. The zero-order valence-corrected chi connectivity index (χ0v) is 23.2. The van der Waals surface area contributed by atoms with Crippen molar-refractivity contribution in [3.05, 3.63) is 12.1 Å². The normalized spacial score (nSPS) is 15.0. The lowest BCUT2D eigenvalue weighted by Gasteiger charge is -2.16. The molecule has 0 N–H and O–H groups in total. The summed E-state index contributed by atoms with van der Waals surface area (Å²) in [5, 5.41) is 0. The molecule has 30 heavy (non-hydrogen) atoms. The van der Waals surface area contributed by atoms with Crippen LogP contribution in [0, 0.1) is 0 Å². The summed E-state index contributed by atoms with van der Waals surface area (Å²) in [5.41, 5.74) is -0.581. The fourth-order valence-electron chi connectivity index (χ4n) is 1.79. The average molecular weight is 679 g/mol. The van der Waals surface area contributed by atoms with Gasteiger partial charge in [-0.05, 0) is 12.1 Å². The zero-order chi connectivity index (χ0) is 23.7. The van der Waals surface area contributed by atoms with E-state index in [1.165, 1.54) is 0 Å². The Balaban J connectivity index is 3.07. The van der Waals surface area contributed by atoms with Gasteiger partial charge in [-0.2, -0.15) is 0 Å². The van der Waals surface area contributed by atoms with E-state index in [9.17, 15) is 25.3 Å². The second-order valence-electron chi connectivity index (χ2n) is 5.10. The Morgan fingerprint density at radius 2 is 1.10 bits per heavy atom. The number of halogens is 9. The summed E-state index contributed by atoms with van der Waals surface area (Å²) in [5.74, 6) is 0. The fourth-order valence-corrected chi connectivity index (χ4v) is 8.63. The number of hydrogen-bond donors (Lipinski definition) is 0. The van der Waals surface area contributed by atoms with Gasteiger partial charge in [0, 0.05) is 0 Å². The number of nitrogens with zero attached hydrogens (tertiary/aromatic N) is 1. The Labute approximate surface area is 219 Å². The zero-order valence-electron chi connectivity index (χ0n) is 13.1. The monoisotopic (exact) mass is 675 g/mol. The molecular weight excluding hydrogens is 677 g/mol. The quantitative estimate of drug-likeness (QED) is 0.388. The summed E-state index contributed by atoms with van der Waals surface area (Å²) in [6, 6.07) is 1.31. The summed E-state index contributed by atoms with van der Waals surface area (Å²) in [6.07, 6.45) is 0. The molecule has 0 saturated carbocycles. The number of thiazole rings is 1. The second-order valence-corrected chi connectivity index (χ2v) is 21.4. The van der Waals surface area contributed by atoms with Crippen molar-refractivity contribution in [2.24, 2.45) is 0 Å². The molecular formula is C10H2Cl9NO6S4. The van der Waals surface area contributed by atoms with Gasteiger partial charge in [-0.3, -0.25) is 0 Å². The Hall–Kier alpha value is 1.57. The van der Waals surface area contributed by atoms with E-state index in [0.717, 1.165) is 6.07 Å². The van der Waals surface area contributed by atoms with Gasteiger partial charge in [-0.1, -0.05) is 104 Å². The van der Waals surface area contributed by atoms with Crippen molar-refractivity contribution in [3.8, 4) is 0 Å². The van der Waals surface area contributed by atoms with Crippen molar-refractivity contribution < 1.29 is 25.3 Å². The summed E-state index contributed by atoms with van der Waals surface area (Å²) in [4.78, 5) is 1.82. The van der Waals surface area contributed by atoms with Crippen LogP contribution in [0.25, 0.3) is 10.2 Å². The Kier molecular flexibility index (Phi) is 7.74. The van der Waals surface area contributed by atoms with Gasteiger partial charge in [0.15, 0.2) is 0 Å². The summed E-state index contributed by atoms with van der Waals surface area (Å²) in [6.45, 7) is 0. The highest BCUT2D eigenvalue weighted by molar-refractivity contribution is 7.99. The molecule has 0 amide bonds. The van der Waals surface area contributed by atoms with Crippen LogP contribution in [0.4, 0.5) is 0 Å². The number of aromatic nitrogens is 1. The highest BCUT2D eigenvalue weighted by Gasteiger charge is 2.46. The van der Waals surface area contributed by atoms with E-state index in [-0.39, 0.29) is 16.0 Å². The highest BCUT2D eigenvalue weighted by Crippen LogP contribution is 2.46. The van der Waals surface area contributed by atoms with Gasteiger partial charge in [0.25, 0.3) is 19.2 Å². The summed E-state index contributed by atoms with van der Waals surface area (Å²) < 4.78 is 65.2. The Morgan fingerprint density at radius 3 is 1.50 bits per heavy atom. The number of alkyl halides is 9. The fraction of sp³-hybridized carbons (Fsp3) is 0.300. The third kappa shape index (κ3) is 4.85. The minimum Gasteiger partial charge on any atom is -0.224 e. The van der Waals surface area contributed by atoms with E-state index < -0.39 is 58.5 Å². The van der Waals surface area contributed by atoms with Crippen LogP contribution in [0.2, 0.25) is 0 Å². The van der Waals surface area contributed by atoms with E-state index in [0.29, 0.717) is 6.07 Å². The predicted molar refractivity (Wildman–Crippen MR) is 122 cm³/mol. The van der Waals surface area contributed by atoms with Crippen molar-refractivity contribution in [2.45, 2.75) is 23.5 Å². The van der Waals surface area contributed by atoms with E-state index in [1.807, 2.05) is 0 Å². The van der Waals surface area contributed by atoms with E-state index in [4.69, 9.17) is 104 Å². The maximum atomic E-state index is 12.7. The lowest BCUT2D eigenvalue weighted by Crippen LogP contribution is -2.23. The number of rotatable bonds is 3. The smallest absolute Gasteiger partial charge is 0.224 e. The van der Waals surface area contributed by atoms with Crippen molar-refractivity contribution in [1.82, 2.24) is 4.98 Å². The van der Waals surface area contributed by atoms with Gasteiger partial charge < -0.3 is 0 Å². The highest BCUT2D eigenvalue weighted by atomic mass is 35.6. The maximum absolute atomic E-state index is 12.7. The molecule has 0 atom stereocenters.